The third kappa shape index (κ3) is 2.66. The molecular formula is C26H21N3O3S. The van der Waals surface area contributed by atoms with E-state index in [9.17, 15) is 9.59 Å². The van der Waals surface area contributed by atoms with Crippen LogP contribution in [0.4, 0.5) is 0 Å². The molecule has 0 radical (unpaired) electrons. The maximum absolute atomic E-state index is 13.6. The summed E-state index contributed by atoms with van der Waals surface area (Å²) >= 11 is 1.59. The molecule has 5 aromatic rings. The van der Waals surface area contributed by atoms with Gasteiger partial charge in [-0.1, -0.05) is 42.5 Å². The molecule has 33 heavy (non-hydrogen) atoms. The van der Waals surface area contributed by atoms with Crippen molar-refractivity contribution >= 4 is 22.2 Å². The number of aryl methyl sites for hydroxylation is 2. The topological polar surface area (TPSA) is 58.2 Å². The molecule has 0 amide bonds. The Kier molecular flexibility index (Phi) is 4.25. The minimum atomic E-state index is -0.446. The second-order valence-electron chi connectivity index (χ2n) is 8.29. The SMILES string of the molecule is Cc1ccccc1-c1c2c(=O)n(C)c(=O)n(C)c2c2n1-c1ccccc1O[C@H]2c1cccs1. The van der Waals surface area contributed by atoms with E-state index in [4.69, 9.17) is 4.74 Å². The summed E-state index contributed by atoms with van der Waals surface area (Å²) in [5.74, 6) is 0.736. The Morgan fingerprint density at radius 1 is 0.909 bits per heavy atom. The number of rotatable bonds is 2. The van der Waals surface area contributed by atoms with E-state index in [0.717, 1.165) is 38.8 Å². The van der Waals surface area contributed by atoms with Gasteiger partial charge in [-0.15, -0.1) is 11.3 Å². The van der Waals surface area contributed by atoms with Crippen molar-refractivity contribution in [2.75, 3.05) is 0 Å². The molecule has 1 aliphatic rings. The summed E-state index contributed by atoms with van der Waals surface area (Å²) in [5.41, 5.74) is 4.36. The summed E-state index contributed by atoms with van der Waals surface area (Å²) in [6.45, 7) is 2.04. The molecule has 1 atom stereocenters. The highest BCUT2D eigenvalue weighted by molar-refractivity contribution is 7.10. The molecule has 6 nitrogen and oxygen atoms in total. The Bertz CT molecular complexity index is 1670. The minimum Gasteiger partial charge on any atom is -0.476 e. The number of para-hydroxylation sites is 2. The lowest BCUT2D eigenvalue weighted by atomic mass is 10.0. The van der Waals surface area contributed by atoms with Crippen LogP contribution in [0.1, 0.15) is 22.2 Å². The fourth-order valence-electron chi connectivity index (χ4n) is 4.84. The number of hydrogen-bond donors (Lipinski definition) is 0. The first kappa shape index (κ1) is 19.8. The second kappa shape index (κ2) is 7.08. The number of hydrogen-bond acceptors (Lipinski definition) is 4. The van der Waals surface area contributed by atoms with Gasteiger partial charge < -0.3 is 9.30 Å². The van der Waals surface area contributed by atoms with Crippen molar-refractivity contribution in [3.8, 4) is 22.7 Å². The molecule has 164 valence electrons. The van der Waals surface area contributed by atoms with Crippen molar-refractivity contribution < 1.29 is 4.74 Å². The lowest BCUT2D eigenvalue weighted by Gasteiger charge is -2.29. The van der Waals surface area contributed by atoms with Gasteiger partial charge >= 0.3 is 5.69 Å². The molecular weight excluding hydrogens is 434 g/mol. The molecule has 0 unspecified atom stereocenters. The van der Waals surface area contributed by atoms with Crippen molar-refractivity contribution in [3.05, 3.63) is 103 Å². The highest BCUT2D eigenvalue weighted by Gasteiger charge is 2.36. The molecule has 1 aliphatic heterocycles. The Hall–Kier alpha value is -3.84. The first-order valence-corrected chi connectivity index (χ1v) is 11.6. The lowest BCUT2D eigenvalue weighted by Crippen LogP contribution is -2.37. The third-order valence-corrected chi connectivity index (χ3v) is 7.33. The average Bonchev–Trinajstić information content (AvgIpc) is 3.48. The molecule has 2 aromatic carbocycles. The normalized spacial score (nSPS) is 14.7. The summed E-state index contributed by atoms with van der Waals surface area (Å²) < 4.78 is 11.4. The van der Waals surface area contributed by atoms with Crippen LogP contribution < -0.4 is 16.0 Å². The van der Waals surface area contributed by atoms with E-state index >= 15 is 0 Å². The van der Waals surface area contributed by atoms with E-state index < -0.39 is 6.10 Å². The fourth-order valence-corrected chi connectivity index (χ4v) is 5.59. The van der Waals surface area contributed by atoms with Gasteiger partial charge in [0.05, 0.1) is 32.9 Å². The van der Waals surface area contributed by atoms with Crippen molar-refractivity contribution in [1.29, 1.82) is 0 Å². The largest absolute Gasteiger partial charge is 0.476 e. The van der Waals surface area contributed by atoms with E-state index in [1.54, 1.807) is 23.0 Å². The molecule has 0 saturated carbocycles. The summed E-state index contributed by atoms with van der Waals surface area (Å²) in [7, 11) is 3.25. The van der Waals surface area contributed by atoms with Gasteiger partial charge in [-0.3, -0.25) is 13.9 Å². The smallest absolute Gasteiger partial charge is 0.331 e. The van der Waals surface area contributed by atoms with Crippen molar-refractivity contribution in [2.24, 2.45) is 14.1 Å². The monoisotopic (exact) mass is 455 g/mol. The van der Waals surface area contributed by atoms with Gasteiger partial charge in [-0.05, 0) is 36.1 Å². The molecule has 4 heterocycles. The van der Waals surface area contributed by atoms with Gasteiger partial charge in [0.1, 0.15) is 5.75 Å². The van der Waals surface area contributed by atoms with Gasteiger partial charge in [0.2, 0.25) is 0 Å². The van der Waals surface area contributed by atoms with Crippen LogP contribution in [0.2, 0.25) is 0 Å². The Morgan fingerprint density at radius 2 is 1.67 bits per heavy atom. The Labute approximate surface area is 193 Å². The minimum absolute atomic E-state index is 0.310. The van der Waals surface area contributed by atoms with E-state index in [0.29, 0.717) is 10.9 Å². The molecule has 0 N–H and O–H groups in total. The van der Waals surface area contributed by atoms with Crippen LogP contribution in [0.5, 0.6) is 5.75 Å². The Morgan fingerprint density at radius 3 is 2.42 bits per heavy atom. The lowest BCUT2D eigenvalue weighted by molar-refractivity contribution is 0.233. The molecule has 0 bridgehead atoms. The van der Waals surface area contributed by atoms with Crippen LogP contribution in [0.15, 0.2) is 75.6 Å². The highest BCUT2D eigenvalue weighted by atomic mass is 32.1. The second-order valence-corrected chi connectivity index (χ2v) is 9.27. The van der Waals surface area contributed by atoms with E-state index in [2.05, 4.69) is 4.57 Å². The zero-order chi connectivity index (χ0) is 22.9. The number of fused-ring (bicyclic) bond motifs is 5. The zero-order valence-electron chi connectivity index (χ0n) is 18.4. The van der Waals surface area contributed by atoms with Crippen LogP contribution in [-0.4, -0.2) is 13.7 Å². The van der Waals surface area contributed by atoms with Gasteiger partial charge in [0, 0.05) is 19.7 Å². The van der Waals surface area contributed by atoms with E-state index in [1.165, 1.54) is 11.6 Å². The molecule has 0 aliphatic carbocycles. The predicted octanol–water partition coefficient (Wildman–Crippen LogP) is 4.55. The first-order chi connectivity index (χ1) is 16.0. The van der Waals surface area contributed by atoms with Gasteiger partial charge in [0.25, 0.3) is 5.56 Å². The van der Waals surface area contributed by atoms with Gasteiger partial charge in [-0.25, -0.2) is 4.79 Å². The summed E-state index contributed by atoms with van der Waals surface area (Å²) in [5, 5.41) is 2.53. The van der Waals surface area contributed by atoms with Crippen molar-refractivity contribution in [2.45, 2.75) is 13.0 Å². The predicted molar refractivity (Wildman–Crippen MR) is 131 cm³/mol. The van der Waals surface area contributed by atoms with Gasteiger partial charge in [0.15, 0.2) is 6.10 Å². The van der Waals surface area contributed by atoms with Crippen LogP contribution in [0, 0.1) is 6.92 Å². The summed E-state index contributed by atoms with van der Waals surface area (Å²) in [6, 6.07) is 19.9. The summed E-state index contributed by atoms with van der Waals surface area (Å²) in [4.78, 5) is 27.7. The summed E-state index contributed by atoms with van der Waals surface area (Å²) in [6.07, 6.45) is -0.446. The van der Waals surface area contributed by atoms with Crippen LogP contribution in [-0.2, 0) is 14.1 Å². The molecule has 6 rings (SSSR count). The van der Waals surface area contributed by atoms with Crippen LogP contribution in [0.3, 0.4) is 0 Å². The number of aromatic nitrogens is 3. The standard InChI is InChI=1S/C26H21N3O3S/c1-15-9-4-5-10-16(15)21-20-22(27(2)26(31)28(3)25(20)30)23-24(19-13-8-14-33-19)32-18-12-7-6-11-17(18)29(21)23/h4-14,24H,1-3H3/t24-/m0/s1. The van der Waals surface area contributed by atoms with Crippen LogP contribution in [0.25, 0.3) is 27.8 Å². The molecule has 7 heteroatoms. The fraction of sp³-hybridized carbons (Fsp3) is 0.154. The Balaban J connectivity index is 1.91. The first-order valence-electron chi connectivity index (χ1n) is 10.7. The quantitative estimate of drug-likeness (QED) is 0.393. The maximum Gasteiger partial charge on any atom is 0.331 e. The third-order valence-electron chi connectivity index (χ3n) is 6.41. The van der Waals surface area contributed by atoms with Crippen molar-refractivity contribution in [3.63, 3.8) is 0 Å². The number of nitrogens with zero attached hydrogens (tertiary/aromatic N) is 3. The van der Waals surface area contributed by atoms with Crippen LogP contribution >= 0.6 is 11.3 Å². The molecule has 3 aromatic heterocycles. The maximum atomic E-state index is 13.6. The number of thiophene rings is 1. The van der Waals surface area contributed by atoms with Crippen molar-refractivity contribution in [1.82, 2.24) is 13.7 Å². The highest BCUT2D eigenvalue weighted by Crippen LogP contribution is 2.47. The molecule has 0 spiro atoms. The number of benzene rings is 2. The average molecular weight is 456 g/mol. The number of ether oxygens (including phenoxy) is 1. The van der Waals surface area contributed by atoms with E-state index in [-0.39, 0.29) is 11.2 Å². The van der Waals surface area contributed by atoms with Gasteiger partial charge in [-0.2, -0.15) is 0 Å². The molecule has 0 saturated heterocycles. The van der Waals surface area contributed by atoms with E-state index in [1.807, 2.05) is 73.0 Å². The molecule has 0 fully saturated rings. The zero-order valence-corrected chi connectivity index (χ0v) is 19.2.